The van der Waals surface area contributed by atoms with Crippen LogP contribution in [-0.4, -0.2) is 22.2 Å². The lowest BCUT2D eigenvalue weighted by Crippen LogP contribution is -2.28. The standard InChI is InChI=1S/C45H54O4/c1-7-9-11-13-27-45(28-14-12-10-8-2)39-29-35(43(3,4)33-19-15-31(16-20-33)41(46)47)23-25-37(39)38-26-24-36(30-40(38)45)44(5,6)34-21-17-32(18-22-34)42(48)49/h15-26,29-30H,7-14,27-28H2,1-6H3,(H,46,47)(H,48,49). The fraction of sp³-hybridized carbons (Fsp3) is 0.422. The minimum atomic E-state index is -0.907. The molecule has 0 atom stereocenters. The quantitative estimate of drug-likeness (QED) is 0.117. The SMILES string of the molecule is CCCCCCC1(CCCCCC)c2cc(C(C)(C)c3ccc(C(=O)O)cc3)ccc2-c2ccc(C(C)(C)c3ccc(C(=O)O)cc3)cc21. The van der Waals surface area contributed by atoms with Crippen LogP contribution in [0.15, 0.2) is 84.9 Å². The lowest BCUT2D eigenvalue weighted by atomic mass is 9.68. The highest BCUT2D eigenvalue weighted by molar-refractivity contribution is 5.88. The molecule has 0 amide bonds. The summed E-state index contributed by atoms with van der Waals surface area (Å²) in [5, 5.41) is 19.0. The van der Waals surface area contributed by atoms with Crippen molar-refractivity contribution in [3.63, 3.8) is 0 Å². The van der Waals surface area contributed by atoms with Crippen molar-refractivity contribution in [2.45, 2.75) is 122 Å². The van der Waals surface area contributed by atoms with Gasteiger partial charge in [0.05, 0.1) is 11.1 Å². The monoisotopic (exact) mass is 658 g/mol. The van der Waals surface area contributed by atoms with Gasteiger partial charge in [0.1, 0.15) is 0 Å². The van der Waals surface area contributed by atoms with Crippen molar-refractivity contribution in [2.24, 2.45) is 0 Å². The summed E-state index contributed by atoms with van der Waals surface area (Å²) in [4.78, 5) is 23.2. The summed E-state index contributed by atoms with van der Waals surface area (Å²) < 4.78 is 0. The van der Waals surface area contributed by atoms with Gasteiger partial charge in [0.2, 0.25) is 0 Å². The highest BCUT2D eigenvalue weighted by Gasteiger charge is 2.44. The van der Waals surface area contributed by atoms with Crippen molar-refractivity contribution in [1.29, 1.82) is 0 Å². The van der Waals surface area contributed by atoms with E-state index >= 15 is 0 Å². The first-order valence-corrected chi connectivity index (χ1v) is 18.3. The molecule has 0 radical (unpaired) electrons. The molecule has 0 spiro atoms. The number of benzene rings is 4. The lowest BCUT2D eigenvalue weighted by molar-refractivity contribution is 0.0686. The van der Waals surface area contributed by atoms with Crippen molar-refractivity contribution in [3.8, 4) is 11.1 Å². The maximum absolute atomic E-state index is 11.6. The summed E-state index contributed by atoms with van der Waals surface area (Å²) in [5.74, 6) is -1.81. The van der Waals surface area contributed by atoms with E-state index in [1.54, 1.807) is 24.3 Å². The van der Waals surface area contributed by atoms with Crippen molar-refractivity contribution in [1.82, 2.24) is 0 Å². The number of hydrogen-bond donors (Lipinski definition) is 2. The predicted octanol–water partition coefficient (Wildman–Crippen LogP) is 11.9. The number of fused-ring (bicyclic) bond motifs is 3. The molecule has 0 saturated heterocycles. The average molecular weight is 659 g/mol. The third-order valence-corrected chi connectivity index (χ3v) is 11.4. The van der Waals surface area contributed by atoms with E-state index in [-0.39, 0.29) is 16.2 Å². The van der Waals surface area contributed by atoms with Gasteiger partial charge in [-0.15, -0.1) is 0 Å². The Kier molecular flexibility index (Phi) is 10.9. The van der Waals surface area contributed by atoms with Gasteiger partial charge in [-0.25, -0.2) is 9.59 Å². The van der Waals surface area contributed by atoms with Crippen LogP contribution < -0.4 is 0 Å². The summed E-state index contributed by atoms with van der Waals surface area (Å²) in [6.45, 7) is 13.5. The zero-order chi connectivity index (χ0) is 35.4. The summed E-state index contributed by atoms with van der Waals surface area (Å²) >= 11 is 0. The molecule has 0 bridgehead atoms. The van der Waals surface area contributed by atoms with Crippen LogP contribution in [-0.2, 0) is 16.2 Å². The average Bonchev–Trinajstić information content (AvgIpc) is 3.37. The Balaban J connectivity index is 1.65. The minimum absolute atomic E-state index is 0.106. The van der Waals surface area contributed by atoms with E-state index in [1.165, 1.54) is 84.7 Å². The number of hydrogen-bond acceptors (Lipinski definition) is 2. The summed E-state index contributed by atoms with van der Waals surface area (Å²) in [6, 6.07) is 28.9. The van der Waals surface area contributed by atoms with Gasteiger partial charge in [-0.2, -0.15) is 0 Å². The molecule has 49 heavy (non-hydrogen) atoms. The van der Waals surface area contributed by atoms with E-state index in [9.17, 15) is 19.8 Å². The Hall–Kier alpha value is -4.18. The van der Waals surface area contributed by atoms with E-state index in [0.717, 1.165) is 24.0 Å². The van der Waals surface area contributed by atoms with Crippen LogP contribution in [0.5, 0.6) is 0 Å². The number of aromatic carboxylic acids is 2. The molecule has 258 valence electrons. The molecule has 4 nitrogen and oxygen atoms in total. The molecule has 0 fully saturated rings. The highest BCUT2D eigenvalue weighted by atomic mass is 16.4. The molecule has 4 heteroatoms. The van der Waals surface area contributed by atoms with Gasteiger partial charge in [0.15, 0.2) is 0 Å². The van der Waals surface area contributed by atoms with Crippen LogP contribution in [0.25, 0.3) is 11.1 Å². The van der Waals surface area contributed by atoms with E-state index in [1.807, 2.05) is 24.3 Å². The predicted molar refractivity (Wildman–Crippen MR) is 201 cm³/mol. The first kappa shape index (κ1) is 36.1. The van der Waals surface area contributed by atoms with Crippen LogP contribution in [0.4, 0.5) is 0 Å². The summed E-state index contributed by atoms with van der Waals surface area (Å²) in [6.07, 6.45) is 11.9. The Morgan fingerprint density at radius 1 is 0.510 bits per heavy atom. The van der Waals surface area contributed by atoms with Crippen molar-refractivity contribution < 1.29 is 19.8 Å². The normalized spacial score (nSPS) is 13.6. The molecule has 0 unspecified atom stereocenters. The van der Waals surface area contributed by atoms with Crippen LogP contribution in [0.3, 0.4) is 0 Å². The highest BCUT2D eigenvalue weighted by Crippen LogP contribution is 2.56. The second-order valence-corrected chi connectivity index (χ2v) is 15.2. The first-order valence-electron chi connectivity index (χ1n) is 18.3. The second-order valence-electron chi connectivity index (χ2n) is 15.2. The molecule has 0 saturated carbocycles. The third-order valence-electron chi connectivity index (χ3n) is 11.4. The van der Waals surface area contributed by atoms with Crippen LogP contribution in [0.2, 0.25) is 0 Å². The molecule has 0 aromatic heterocycles. The van der Waals surface area contributed by atoms with E-state index in [2.05, 4.69) is 77.9 Å². The number of unbranched alkanes of at least 4 members (excludes halogenated alkanes) is 6. The summed E-state index contributed by atoms with van der Waals surface area (Å²) in [5.41, 5.74) is 10.1. The zero-order valence-electron chi connectivity index (χ0n) is 30.4. The summed E-state index contributed by atoms with van der Waals surface area (Å²) in [7, 11) is 0. The molecule has 0 heterocycles. The van der Waals surface area contributed by atoms with Crippen LogP contribution in [0.1, 0.15) is 160 Å². The Morgan fingerprint density at radius 3 is 1.18 bits per heavy atom. The maximum Gasteiger partial charge on any atom is 0.335 e. The van der Waals surface area contributed by atoms with E-state index < -0.39 is 11.9 Å². The molecular formula is C45H54O4. The molecule has 4 aromatic rings. The van der Waals surface area contributed by atoms with Crippen molar-refractivity contribution in [3.05, 3.63) is 129 Å². The Labute approximate surface area is 293 Å². The minimum Gasteiger partial charge on any atom is -0.478 e. The van der Waals surface area contributed by atoms with Crippen molar-refractivity contribution in [2.75, 3.05) is 0 Å². The fourth-order valence-corrected chi connectivity index (χ4v) is 8.04. The van der Waals surface area contributed by atoms with Gasteiger partial charge >= 0.3 is 11.9 Å². The molecule has 1 aliphatic rings. The number of carboxylic acid groups (broad SMARTS) is 2. The van der Waals surface area contributed by atoms with Gasteiger partial charge < -0.3 is 10.2 Å². The van der Waals surface area contributed by atoms with E-state index in [0.29, 0.717) is 11.1 Å². The molecule has 1 aliphatic carbocycles. The number of carbonyl (C=O) groups is 2. The number of carboxylic acids is 2. The Bertz CT molecular complexity index is 1640. The third kappa shape index (κ3) is 7.11. The smallest absolute Gasteiger partial charge is 0.335 e. The van der Waals surface area contributed by atoms with Crippen molar-refractivity contribution >= 4 is 11.9 Å². The fourth-order valence-electron chi connectivity index (χ4n) is 8.04. The van der Waals surface area contributed by atoms with Gasteiger partial charge in [0, 0.05) is 16.2 Å². The lowest BCUT2D eigenvalue weighted by Gasteiger charge is -2.35. The molecule has 5 rings (SSSR count). The van der Waals surface area contributed by atoms with Crippen LogP contribution in [0, 0.1) is 0 Å². The molecule has 4 aromatic carbocycles. The first-order chi connectivity index (χ1) is 23.4. The Morgan fingerprint density at radius 2 is 0.857 bits per heavy atom. The van der Waals surface area contributed by atoms with Gasteiger partial charge in [-0.1, -0.05) is 154 Å². The van der Waals surface area contributed by atoms with Gasteiger partial charge in [-0.05, 0) is 81.6 Å². The molecule has 0 aliphatic heterocycles. The van der Waals surface area contributed by atoms with E-state index in [4.69, 9.17) is 0 Å². The molecular weight excluding hydrogens is 604 g/mol. The number of rotatable bonds is 16. The zero-order valence-corrected chi connectivity index (χ0v) is 30.4. The van der Waals surface area contributed by atoms with Gasteiger partial charge in [-0.3, -0.25) is 0 Å². The topological polar surface area (TPSA) is 74.6 Å². The second kappa shape index (κ2) is 14.7. The van der Waals surface area contributed by atoms with Gasteiger partial charge in [0.25, 0.3) is 0 Å². The largest absolute Gasteiger partial charge is 0.478 e. The molecule has 2 N–H and O–H groups in total. The van der Waals surface area contributed by atoms with Crippen LogP contribution >= 0.6 is 0 Å². The maximum atomic E-state index is 11.6.